The number of H-pyrrole nitrogens is 1. The van der Waals surface area contributed by atoms with Crippen LogP contribution in [0.1, 0.15) is 65.0 Å². The minimum Gasteiger partial charge on any atom is -0.438 e. The third kappa shape index (κ3) is 4.50. The number of hydrogen-bond acceptors (Lipinski definition) is 6. The first-order valence-corrected chi connectivity index (χ1v) is 12.3. The van der Waals surface area contributed by atoms with Crippen molar-refractivity contribution in [1.82, 2.24) is 19.9 Å². The number of ether oxygens (including phenoxy) is 1. The van der Waals surface area contributed by atoms with E-state index >= 15 is 0 Å². The predicted octanol–water partition coefficient (Wildman–Crippen LogP) is 4.25. The lowest BCUT2D eigenvalue weighted by Crippen LogP contribution is -2.32. The Bertz CT molecular complexity index is 1310. The fraction of sp³-hybridized carbons (Fsp3) is 0.375. The van der Waals surface area contributed by atoms with E-state index < -0.39 is 15.9 Å². The highest BCUT2D eigenvalue weighted by atomic mass is 32.2. The van der Waals surface area contributed by atoms with Crippen molar-refractivity contribution < 1.29 is 17.9 Å². The van der Waals surface area contributed by atoms with E-state index in [2.05, 4.69) is 28.8 Å². The summed E-state index contributed by atoms with van der Waals surface area (Å²) in [6, 6.07) is 6.98. The first-order chi connectivity index (χ1) is 15.5. The standard InChI is InChI=1S/C24H28N4O4S/c1-14-11-15(2)20(16(3)12-14)32-23-18(13-17-7-6-9-24(4,5)21(17)26-23)22(29)28-33(30,31)19-8-10-25-27-19/h8,10-13H,6-7,9H2,1-5H3,(H,25,27)(H,28,29). The number of nitrogens with zero attached hydrogens (tertiary/aromatic N) is 2. The van der Waals surface area contributed by atoms with E-state index in [4.69, 9.17) is 9.72 Å². The fourth-order valence-electron chi connectivity index (χ4n) is 4.44. The molecule has 1 aromatic carbocycles. The van der Waals surface area contributed by atoms with Gasteiger partial charge in [-0.25, -0.2) is 9.71 Å². The van der Waals surface area contributed by atoms with Crippen molar-refractivity contribution in [1.29, 1.82) is 0 Å². The van der Waals surface area contributed by atoms with E-state index in [0.29, 0.717) is 5.75 Å². The number of pyridine rings is 1. The van der Waals surface area contributed by atoms with Crippen LogP contribution >= 0.6 is 0 Å². The van der Waals surface area contributed by atoms with Crippen molar-refractivity contribution in [3.8, 4) is 11.6 Å². The summed E-state index contributed by atoms with van der Waals surface area (Å²) in [5.74, 6) is -0.107. The lowest BCUT2D eigenvalue weighted by molar-refractivity contribution is 0.0978. The Balaban J connectivity index is 1.81. The Labute approximate surface area is 193 Å². The summed E-state index contributed by atoms with van der Waals surface area (Å²) in [7, 11) is -4.12. The Morgan fingerprint density at radius 2 is 1.85 bits per heavy atom. The molecule has 0 fully saturated rings. The molecule has 2 aromatic heterocycles. The van der Waals surface area contributed by atoms with Gasteiger partial charge in [0.05, 0.1) is 11.9 Å². The highest BCUT2D eigenvalue weighted by molar-refractivity contribution is 7.90. The molecule has 0 radical (unpaired) electrons. The largest absolute Gasteiger partial charge is 0.438 e. The smallest absolute Gasteiger partial charge is 0.281 e. The second-order valence-corrected chi connectivity index (χ2v) is 10.9. The molecule has 174 valence electrons. The molecule has 0 aliphatic heterocycles. The Morgan fingerprint density at radius 3 is 2.48 bits per heavy atom. The zero-order chi connectivity index (χ0) is 24.0. The maximum Gasteiger partial charge on any atom is 0.281 e. The Hall–Kier alpha value is -3.20. The van der Waals surface area contributed by atoms with Gasteiger partial charge in [0, 0.05) is 5.41 Å². The van der Waals surface area contributed by atoms with Crippen LogP contribution in [0.3, 0.4) is 0 Å². The minimum absolute atomic E-state index is 0.0777. The maximum absolute atomic E-state index is 13.2. The van der Waals surface area contributed by atoms with Crippen LogP contribution in [0.25, 0.3) is 0 Å². The molecule has 8 nitrogen and oxygen atoms in total. The number of rotatable bonds is 5. The van der Waals surface area contributed by atoms with Crippen molar-refractivity contribution in [3.63, 3.8) is 0 Å². The van der Waals surface area contributed by atoms with Crippen molar-refractivity contribution >= 4 is 15.9 Å². The molecule has 4 rings (SSSR count). The number of sulfonamides is 1. The molecule has 3 aromatic rings. The molecule has 0 saturated heterocycles. The molecule has 2 N–H and O–H groups in total. The molecule has 0 saturated carbocycles. The van der Waals surface area contributed by atoms with Crippen molar-refractivity contribution in [3.05, 3.63) is 64.0 Å². The Kier molecular flexibility index (Phi) is 5.78. The van der Waals surface area contributed by atoms with E-state index in [-0.39, 0.29) is 21.9 Å². The lowest BCUT2D eigenvalue weighted by atomic mass is 9.75. The second kappa shape index (κ2) is 8.30. The number of benzene rings is 1. The van der Waals surface area contributed by atoms with Crippen molar-refractivity contribution in [2.24, 2.45) is 0 Å². The van der Waals surface area contributed by atoms with Gasteiger partial charge in [0.2, 0.25) is 5.88 Å². The van der Waals surface area contributed by atoms with E-state index in [1.54, 1.807) is 6.07 Å². The Morgan fingerprint density at radius 1 is 1.15 bits per heavy atom. The number of hydrogen-bond donors (Lipinski definition) is 2. The van der Waals surface area contributed by atoms with Crippen molar-refractivity contribution in [2.45, 2.75) is 64.3 Å². The number of amides is 1. The number of aromatic amines is 1. The first-order valence-electron chi connectivity index (χ1n) is 10.8. The van der Waals surface area contributed by atoms with Gasteiger partial charge in [-0.05, 0) is 68.9 Å². The van der Waals surface area contributed by atoms with Crippen LogP contribution in [0.15, 0.2) is 35.5 Å². The number of aromatic nitrogens is 3. The summed E-state index contributed by atoms with van der Waals surface area (Å²) in [6.45, 7) is 10.1. The molecular formula is C24H28N4O4S. The van der Waals surface area contributed by atoms with Gasteiger partial charge in [0.1, 0.15) is 11.3 Å². The number of aryl methyl sites for hydroxylation is 4. The first kappa shape index (κ1) is 23.0. The van der Waals surface area contributed by atoms with Crippen LogP contribution in [0.5, 0.6) is 11.6 Å². The summed E-state index contributed by atoms with van der Waals surface area (Å²) in [5, 5.41) is 5.82. The molecule has 0 atom stereocenters. The zero-order valence-corrected chi connectivity index (χ0v) is 20.3. The molecular weight excluding hydrogens is 440 g/mol. The molecule has 0 bridgehead atoms. The molecule has 1 aliphatic rings. The van der Waals surface area contributed by atoms with Gasteiger partial charge in [-0.2, -0.15) is 13.5 Å². The fourth-order valence-corrected chi connectivity index (χ4v) is 5.32. The van der Waals surface area contributed by atoms with Crippen LogP contribution in [-0.2, 0) is 21.9 Å². The van der Waals surface area contributed by atoms with E-state index in [1.165, 1.54) is 12.3 Å². The van der Waals surface area contributed by atoms with Crippen LogP contribution in [0, 0.1) is 20.8 Å². The molecule has 1 amide bonds. The number of carbonyl (C=O) groups excluding carboxylic acids is 1. The summed E-state index contributed by atoms with van der Waals surface area (Å²) >= 11 is 0. The van der Waals surface area contributed by atoms with Gasteiger partial charge in [-0.1, -0.05) is 31.5 Å². The summed E-state index contributed by atoms with van der Waals surface area (Å²) in [5.41, 5.74) is 4.61. The normalized spacial score (nSPS) is 15.1. The predicted molar refractivity (Wildman–Crippen MR) is 124 cm³/mol. The van der Waals surface area contributed by atoms with Gasteiger partial charge in [-0.3, -0.25) is 9.89 Å². The van der Waals surface area contributed by atoms with Crippen LogP contribution in [0.4, 0.5) is 0 Å². The second-order valence-electron chi connectivity index (χ2n) is 9.27. The SMILES string of the molecule is Cc1cc(C)c(Oc2nc3c(cc2C(=O)NS(=O)(=O)c2ccn[nH]2)CCCC3(C)C)c(C)c1. The summed E-state index contributed by atoms with van der Waals surface area (Å²) in [4.78, 5) is 18.0. The van der Waals surface area contributed by atoms with E-state index in [0.717, 1.165) is 47.2 Å². The van der Waals surface area contributed by atoms with Gasteiger partial charge < -0.3 is 4.74 Å². The van der Waals surface area contributed by atoms with Gasteiger partial charge in [0.15, 0.2) is 5.03 Å². The van der Waals surface area contributed by atoms with Crippen molar-refractivity contribution in [2.75, 3.05) is 0 Å². The molecule has 9 heteroatoms. The topological polar surface area (TPSA) is 114 Å². The summed E-state index contributed by atoms with van der Waals surface area (Å²) in [6.07, 6.45) is 4.00. The van der Waals surface area contributed by atoms with Crippen LogP contribution in [-0.4, -0.2) is 29.5 Å². The van der Waals surface area contributed by atoms with E-state index in [1.807, 2.05) is 32.9 Å². The average molecular weight is 469 g/mol. The average Bonchev–Trinajstić information content (AvgIpc) is 3.26. The van der Waals surface area contributed by atoms with Gasteiger partial charge in [-0.15, -0.1) is 0 Å². The van der Waals surface area contributed by atoms with E-state index in [9.17, 15) is 13.2 Å². The highest BCUT2D eigenvalue weighted by Crippen LogP contribution is 2.39. The molecule has 33 heavy (non-hydrogen) atoms. The maximum atomic E-state index is 13.2. The molecule has 0 spiro atoms. The lowest BCUT2D eigenvalue weighted by Gasteiger charge is -2.32. The van der Waals surface area contributed by atoms with Crippen LogP contribution < -0.4 is 9.46 Å². The third-order valence-corrected chi connectivity index (χ3v) is 7.26. The number of carbonyl (C=O) groups is 1. The van der Waals surface area contributed by atoms with Crippen LogP contribution in [0.2, 0.25) is 0 Å². The monoisotopic (exact) mass is 468 g/mol. The number of fused-ring (bicyclic) bond motifs is 1. The molecule has 0 unspecified atom stereocenters. The zero-order valence-electron chi connectivity index (χ0n) is 19.4. The number of nitrogens with one attached hydrogen (secondary N) is 2. The minimum atomic E-state index is -4.12. The third-order valence-electron chi connectivity index (χ3n) is 6.00. The molecule has 2 heterocycles. The van der Waals surface area contributed by atoms with Gasteiger partial charge in [0.25, 0.3) is 15.9 Å². The molecule has 1 aliphatic carbocycles. The van der Waals surface area contributed by atoms with Gasteiger partial charge >= 0.3 is 0 Å². The summed E-state index contributed by atoms with van der Waals surface area (Å²) < 4.78 is 33.6. The quantitative estimate of drug-likeness (QED) is 0.578. The highest BCUT2D eigenvalue weighted by Gasteiger charge is 2.33.